The summed E-state index contributed by atoms with van der Waals surface area (Å²) in [4.78, 5) is 4.07. The standard InChI is InChI=1S/C17H9ClF3N3O2/c18-13-7-10(8-22)1-6-14(13)25-9-15-23-16(24-26-15)11-2-4-12(5-3-11)17(19,20)21/h1-7H,9H2. The third kappa shape index (κ3) is 3.95. The molecule has 0 aliphatic rings. The quantitative estimate of drug-likeness (QED) is 0.647. The van der Waals surface area contributed by atoms with Gasteiger partial charge in [-0.05, 0) is 30.3 Å². The zero-order valence-electron chi connectivity index (χ0n) is 12.9. The molecule has 5 nitrogen and oxygen atoms in total. The highest BCUT2D eigenvalue weighted by Gasteiger charge is 2.30. The summed E-state index contributed by atoms with van der Waals surface area (Å²) in [6, 6.07) is 10.9. The first-order valence-electron chi connectivity index (χ1n) is 7.19. The molecule has 2 aromatic carbocycles. The van der Waals surface area contributed by atoms with Gasteiger partial charge in [-0.2, -0.15) is 23.4 Å². The highest BCUT2D eigenvalue weighted by atomic mass is 35.5. The van der Waals surface area contributed by atoms with Crippen molar-refractivity contribution >= 4 is 11.6 Å². The summed E-state index contributed by atoms with van der Waals surface area (Å²) in [6.07, 6.45) is -4.41. The minimum atomic E-state index is -4.41. The Hall–Kier alpha value is -3.05. The molecule has 1 heterocycles. The van der Waals surface area contributed by atoms with E-state index in [0.717, 1.165) is 12.1 Å². The van der Waals surface area contributed by atoms with E-state index in [1.54, 1.807) is 6.07 Å². The van der Waals surface area contributed by atoms with Gasteiger partial charge in [-0.25, -0.2) is 0 Å². The Balaban J connectivity index is 1.69. The van der Waals surface area contributed by atoms with Crippen LogP contribution in [0.2, 0.25) is 5.02 Å². The van der Waals surface area contributed by atoms with Gasteiger partial charge >= 0.3 is 6.18 Å². The first-order chi connectivity index (χ1) is 12.4. The van der Waals surface area contributed by atoms with Crippen molar-refractivity contribution in [2.75, 3.05) is 0 Å². The van der Waals surface area contributed by atoms with Gasteiger partial charge in [-0.15, -0.1) is 0 Å². The first kappa shape index (κ1) is 17.8. The lowest BCUT2D eigenvalue weighted by Gasteiger charge is -2.06. The molecule has 132 valence electrons. The van der Waals surface area contributed by atoms with Crippen molar-refractivity contribution in [2.24, 2.45) is 0 Å². The van der Waals surface area contributed by atoms with Crippen molar-refractivity contribution in [3.63, 3.8) is 0 Å². The Kier molecular flexibility index (Phi) is 4.82. The van der Waals surface area contributed by atoms with Crippen LogP contribution in [0.4, 0.5) is 13.2 Å². The number of benzene rings is 2. The molecule has 0 fully saturated rings. The third-order valence-electron chi connectivity index (χ3n) is 3.35. The van der Waals surface area contributed by atoms with Gasteiger partial charge in [0.15, 0.2) is 6.61 Å². The molecular formula is C17H9ClF3N3O2. The summed E-state index contributed by atoms with van der Waals surface area (Å²) in [5.41, 5.74) is 0.0119. The summed E-state index contributed by atoms with van der Waals surface area (Å²) >= 11 is 5.99. The van der Waals surface area contributed by atoms with Crippen LogP contribution in [0.25, 0.3) is 11.4 Å². The van der Waals surface area contributed by atoms with Crippen molar-refractivity contribution in [3.05, 3.63) is 64.5 Å². The first-order valence-corrected chi connectivity index (χ1v) is 7.57. The maximum absolute atomic E-state index is 12.6. The second-order valence-corrected chi connectivity index (χ2v) is 5.54. The topological polar surface area (TPSA) is 71.9 Å². The van der Waals surface area contributed by atoms with Gasteiger partial charge in [0.2, 0.25) is 5.82 Å². The number of halogens is 4. The third-order valence-corrected chi connectivity index (χ3v) is 3.65. The number of hydrogen-bond donors (Lipinski definition) is 0. The molecular weight excluding hydrogens is 371 g/mol. The monoisotopic (exact) mass is 379 g/mol. The van der Waals surface area contributed by atoms with Crippen molar-refractivity contribution in [1.82, 2.24) is 10.1 Å². The molecule has 0 radical (unpaired) electrons. The molecule has 0 bridgehead atoms. The number of ether oxygens (including phenoxy) is 1. The van der Waals surface area contributed by atoms with Crippen LogP contribution in [-0.4, -0.2) is 10.1 Å². The molecule has 0 aliphatic heterocycles. The molecule has 0 unspecified atom stereocenters. The summed E-state index contributed by atoms with van der Waals surface area (Å²) in [5.74, 6) is 0.600. The number of hydrogen-bond acceptors (Lipinski definition) is 5. The van der Waals surface area contributed by atoms with Crippen LogP contribution in [0.15, 0.2) is 47.0 Å². The fourth-order valence-corrected chi connectivity index (χ4v) is 2.30. The van der Waals surface area contributed by atoms with Crippen LogP contribution >= 0.6 is 11.6 Å². The molecule has 3 aromatic rings. The van der Waals surface area contributed by atoms with Crippen LogP contribution in [-0.2, 0) is 12.8 Å². The van der Waals surface area contributed by atoms with Gasteiger partial charge in [0.1, 0.15) is 5.75 Å². The number of nitriles is 1. The lowest BCUT2D eigenvalue weighted by Crippen LogP contribution is -2.04. The average molecular weight is 380 g/mol. The van der Waals surface area contributed by atoms with E-state index in [9.17, 15) is 13.2 Å². The van der Waals surface area contributed by atoms with Crippen LogP contribution in [0.5, 0.6) is 5.75 Å². The van der Waals surface area contributed by atoms with E-state index in [4.69, 9.17) is 26.1 Å². The van der Waals surface area contributed by atoms with Gasteiger partial charge in [0.25, 0.3) is 5.89 Å². The molecule has 0 N–H and O–H groups in total. The van der Waals surface area contributed by atoms with Crippen LogP contribution in [0.3, 0.4) is 0 Å². The van der Waals surface area contributed by atoms with Gasteiger partial charge in [-0.3, -0.25) is 0 Å². The smallest absolute Gasteiger partial charge is 0.416 e. The normalized spacial score (nSPS) is 11.2. The molecule has 26 heavy (non-hydrogen) atoms. The van der Waals surface area contributed by atoms with Crippen molar-refractivity contribution in [3.8, 4) is 23.2 Å². The highest BCUT2D eigenvalue weighted by Crippen LogP contribution is 2.30. The summed E-state index contributed by atoms with van der Waals surface area (Å²) in [7, 11) is 0. The zero-order chi connectivity index (χ0) is 18.7. The largest absolute Gasteiger partial charge is 0.482 e. The SMILES string of the molecule is N#Cc1ccc(OCc2nc(-c3ccc(C(F)(F)F)cc3)no2)c(Cl)c1. The van der Waals surface area contributed by atoms with Crippen molar-refractivity contribution < 1.29 is 22.4 Å². The van der Waals surface area contributed by atoms with Crippen LogP contribution in [0, 0.1) is 11.3 Å². The van der Waals surface area contributed by atoms with Gasteiger partial charge in [0.05, 0.1) is 22.2 Å². The Bertz CT molecular complexity index is 963. The van der Waals surface area contributed by atoms with Gasteiger partial charge in [-0.1, -0.05) is 28.9 Å². The molecule has 0 spiro atoms. The molecule has 0 aliphatic carbocycles. The van der Waals surface area contributed by atoms with E-state index in [1.807, 2.05) is 6.07 Å². The van der Waals surface area contributed by atoms with E-state index in [0.29, 0.717) is 16.9 Å². The van der Waals surface area contributed by atoms with E-state index < -0.39 is 11.7 Å². The summed E-state index contributed by atoms with van der Waals surface area (Å²) in [6.45, 7) is -0.0841. The fourth-order valence-electron chi connectivity index (χ4n) is 2.07. The predicted molar refractivity (Wildman–Crippen MR) is 85.2 cm³/mol. The Morgan fingerprint density at radius 3 is 2.50 bits per heavy atom. The second-order valence-electron chi connectivity index (χ2n) is 5.13. The number of aromatic nitrogens is 2. The van der Waals surface area contributed by atoms with Gasteiger partial charge in [0, 0.05) is 5.56 Å². The lowest BCUT2D eigenvalue weighted by molar-refractivity contribution is -0.137. The minimum Gasteiger partial charge on any atom is -0.482 e. The number of rotatable bonds is 4. The Morgan fingerprint density at radius 2 is 1.88 bits per heavy atom. The van der Waals surface area contributed by atoms with Crippen LogP contribution < -0.4 is 4.74 Å². The molecule has 0 saturated carbocycles. The molecule has 1 aromatic heterocycles. The second kappa shape index (κ2) is 7.06. The molecule has 3 rings (SSSR count). The Labute approximate surface area is 150 Å². The van der Waals surface area contributed by atoms with E-state index in [1.165, 1.54) is 24.3 Å². The van der Waals surface area contributed by atoms with Gasteiger partial charge < -0.3 is 9.26 Å². The maximum Gasteiger partial charge on any atom is 0.416 e. The maximum atomic E-state index is 12.6. The summed E-state index contributed by atoms with van der Waals surface area (Å²) < 4.78 is 48.2. The summed E-state index contributed by atoms with van der Waals surface area (Å²) in [5, 5.41) is 12.8. The van der Waals surface area contributed by atoms with E-state index in [-0.39, 0.29) is 23.3 Å². The predicted octanol–water partition coefficient (Wildman–Crippen LogP) is 4.86. The molecule has 9 heteroatoms. The zero-order valence-corrected chi connectivity index (χ0v) is 13.7. The van der Waals surface area contributed by atoms with Crippen molar-refractivity contribution in [2.45, 2.75) is 12.8 Å². The average Bonchev–Trinajstić information content (AvgIpc) is 3.09. The molecule has 0 atom stereocenters. The number of alkyl halides is 3. The molecule has 0 amide bonds. The van der Waals surface area contributed by atoms with Crippen molar-refractivity contribution in [1.29, 1.82) is 5.26 Å². The minimum absolute atomic E-state index is 0.0841. The van der Waals surface area contributed by atoms with E-state index >= 15 is 0 Å². The van der Waals surface area contributed by atoms with E-state index in [2.05, 4.69) is 10.1 Å². The number of nitrogens with zero attached hydrogens (tertiary/aromatic N) is 3. The Morgan fingerprint density at radius 1 is 1.15 bits per heavy atom. The van der Waals surface area contributed by atoms with Crippen LogP contribution in [0.1, 0.15) is 17.0 Å². The highest BCUT2D eigenvalue weighted by molar-refractivity contribution is 6.32. The molecule has 0 saturated heterocycles. The fraction of sp³-hybridized carbons (Fsp3) is 0.118. The lowest BCUT2D eigenvalue weighted by atomic mass is 10.1.